The molecule has 1 aliphatic heterocycles. The molecule has 0 aliphatic carbocycles. The van der Waals surface area contributed by atoms with Crippen molar-refractivity contribution in [2.75, 3.05) is 19.9 Å². The van der Waals surface area contributed by atoms with Crippen molar-refractivity contribution in [3.8, 4) is 5.75 Å². The van der Waals surface area contributed by atoms with Gasteiger partial charge in [-0.2, -0.15) is 0 Å². The molecule has 1 heterocycles. The molecule has 0 amide bonds. The van der Waals surface area contributed by atoms with Gasteiger partial charge >= 0.3 is 0 Å². The highest BCUT2D eigenvalue weighted by Gasteiger charge is 2.28. The first-order valence-corrected chi connectivity index (χ1v) is 4.41. The first-order chi connectivity index (χ1) is 6.81. The summed E-state index contributed by atoms with van der Waals surface area (Å²) in [6.07, 6.45) is -0.0830. The minimum absolute atomic E-state index is 0.00858. The highest BCUT2D eigenvalue weighted by atomic mass is 19.1. The number of alkyl halides is 1. The van der Waals surface area contributed by atoms with Crippen LogP contribution in [-0.2, 0) is 4.74 Å². The van der Waals surface area contributed by atoms with Gasteiger partial charge in [0.15, 0.2) is 0 Å². The lowest BCUT2D eigenvalue weighted by Gasteiger charge is -2.08. The molecule has 1 fully saturated rings. The molecule has 1 aliphatic rings. The molecule has 4 heteroatoms. The Balaban J connectivity index is 2.19. The fraction of sp³-hybridized carbons (Fsp3) is 0.400. The number of halogens is 2. The Labute approximate surface area is 80.4 Å². The smallest absolute Gasteiger partial charge is 0.125 e. The highest BCUT2D eigenvalue weighted by molar-refractivity contribution is 5.37. The van der Waals surface area contributed by atoms with Crippen LogP contribution in [0.1, 0.15) is 11.7 Å². The number of benzene rings is 1. The van der Waals surface area contributed by atoms with Gasteiger partial charge in [-0.3, -0.25) is 0 Å². The van der Waals surface area contributed by atoms with E-state index in [1.54, 1.807) is 0 Å². The molecule has 0 N–H and O–H groups in total. The Hall–Kier alpha value is -1.16. The van der Waals surface area contributed by atoms with Crippen molar-refractivity contribution in [1.29, 1.82) is 0 Å². The average molecular weight is 200 g/mol. The van der Waals surface area contributed by atoms with Gasteiger partial charge in [0.05, 0.1) is 6.61 Å². The summed E-state index contributed by atoms with van der Waals surface area (Å²) in [6, 6.07) is 4.16. The fourth-order valence-electron chi connectivity index (χ4n) is 1.28. The van der Waals surface area contributed by atoms with Crippen molar-refractivity contribution < 1.29 is 18.3 Å². The van der Waals surface area contributed by atoms with Gasteiger partial charge in [-0.05, 0) is 18.2 Å². The van der Waals surface area contributed by atoms with Gasteiger partial charge < -0.3 is 9.47 Å². The van der Waals surface area contributed by atoms with Gasteiger partial charge in [0.1, 0.15) is 31.0 Å². The number of ether oxygens (including phenoxy) is 2. The predicted molar refractivity (Wildman–Crippen MR) is 46.6 cm³/mol. The second-order valence-electron chi connectivity index (χ2n) is 3.04. The van der Waals surface area contributed by atoms with Crippen molar-refractivity contribution in [3.63, 3.8) is 0 Å². The van der Waals surface area contributed by atoms with E-state index < -0.39 is 6.67 Å². The van der Waals surface area contributed by atoms with Crippen LogP contribution in [0.5, 0.6) is 5.75 Å². The van der Waals surface area contributed by atoms with E-state index in [0.29, 0.717) is 17.9 Å². The molecule has 0 bridgehead atoms. The standard InChI is InChI=1S/C10H10F2O2/c11-3-4-13-9-2-1-7(12)5-8(9)10-6-14-10/h1-2,5,10H,3-4,6H2. The monoisotopic (exact) mass is 200 g/mol. The molecule has 1 atom stereocenters. The van der Waals surface area contributed by atoms with Crippen LogP contribution < -0.4 is 4.74 Å². The second-order valence-corrected chi connectivity index (χ2v) is 3.04. The SMILES string of the molecule is FCCOc1ccc(F)cc1C1CO1. The van der Waals surface area contributed by atoms with Crippen LogP contribution in [0.25, 0.3) is 0 Å². The fourth-order valence-corrected chi connectivity index (χ4v) is 1.28. The number of rotatable bonds is 4. The lowest BCUT2D eigenvalue weighted by atomic mass is 10.1. The van der Waals surface area contributed by atoms with Crippen molar-refractivity contribution in [2.24, 2.45) is 0 Å². The molecule has 1 unspecified atom stereocenters. The molecule has 2 nitrogen and oxygen atoms in total. The summed E-state index contributed by atoms with van der Waals surface area (Å²) >= 11 is 0. The van der Waals surface area contributed by atoms with Gasteiger partial charge in [-0.1, -0.05) is 0 Å². The Morgan fingerprint density at radius 3 is 2.93 bits per heavy atom. The molecule has 1 saturated heterocycles. The summed E-state index contributed by atoms with van der Waals surface area (Å²) in [5.74, 6) is 0.176. The summed E-state index contributed by atoms with van der Waals surface area (Å²) in [4.78, 5) is 0. The van der Waals surface area contributed by atoms with E-state index in [2.05, 4.69) is 0 Å². The molecule has 14 heavy (non-hydrogen) atoms. The summed E-state index contributed by atoms with van der Waals surface area (Å²) in [7, 11) is 0. The van der Waals surface area contributed by atoms with Crippen molar-refractivity contribution in [1.82, 2.24) is 0 Å². The van der Waals surface area contributed by atoms with E-state index in [1.165, 1.54) is 18.2 Å². The van der Waals surface area contributed by atoms with Crippen molar-refractivity contribution >= 4 is 0 Å². The molecular formula is C10H10F2O2. The molecule has 1 aromatic rings. The van der Waals surface area contributed by atoms with Gasteiger partial charge in [0, 0.05) is 5.56 Å². The van der Waals surface area contributed by atoms with Crippen LogP contribution in [0, 0.1) is 5.82 Å². The van der Waals surface area contributed by atoms with E-state index >= 15 is 0 Å². The van der Waals surface area contributed by atoms with E-state index in [9.17, 15) is 8.78 Å². The minimum Gasteiger partial charge on any atom is -0.490 e. The van der Waals surface area contributed by atoms with Gasteiger partial charge in [-0.15, -0.1) is 0 Å². The van der Waals surface area contributed by atoms with Crippen LogP contribution in [0.3, 0.4) is 0 Å². The Kier molecular flexibility index (Phi) is 2.63. The summed E-state index contributed by atoms with van der Waals surface area (Å²) in [5, 5.41) is 0. The topological polar surface area (TPSA) is 21.8 Å². The van der Waals surface area contributed by atoms with Crippen LogP contribution in [0.2, 0.25) is 0 Å². The van der Waals surface area contributed by atoms with Crippen LogP contribution in [-0.4, -0.2) is 19.9 Å². The second kappa shape index (κ2) is 3.92. The maximum Gasteiger partial charge on any atom is 0.125 e. The highest BCUT2D eigenvalue weighted by Crippen LogP contribution is 2.36. The zero-order chi connectivity index (χ0) is 9.97. The maximum absolute atomic E-state index is 12.9. The molecule has 76 valence electrons. The third-order valence-corrected chi connectivity index (χ3v) is 1.99. The zero-order valence-electron chi connectivity index (χ0n) is 7.50. The first-order valence-electron chi connectivity index (χ1n) is 4.41. The van der Waals surface area contributed by atoms with Crippen LogP contribution in [0.15, 0.2) is 18.2 Å². The van der Waals surface area contributed by atoms with Crippen molar-refractivity contribution in [2.45, 2.75) is 6.10 Å². The van der Waals surface area contributed by atoms with Gasteiger partial charge in [0.2, 0.25) is 0 Å². The summed E-state index contributed by atoms with van der Waals surface area (Å²) in [6.45, 7) is 0.0170. The number of hydrogen-bond donors (Lipinski definition) is 0. The summed E-state index contributed by atoms with van der Waals surface area (Å²) < 4.78 is 34.9. The Morgan fingerprint density at radius 2 is 2.29 bits per heavy atom. The molecule has 2 rings (SSSR count). The van der Waals surface area contributed by atoms with Crippen LogP contribution >= 0.6 is 0 Å². The average Bonchev–Trinajstić information content (AvgIpc) is 2.99. The van der Waals surface area contributed by atoms with E-state index in [-0.39, 0.29) is 18.5 Å². The molecular weight excluding hydrogens is 190 g/mol. The summed E-state index contributed by atoms with van der Waals surface area (Å²) in [5.41, 5.74) is 0.665. The first kappa shape index (κ1) is 9.40. The third-order valence-electron chi connectivity index (χ3n) is 1.99. The normalized spacial score (nSPS) is 19.4. The number of epoxide rings is 1. The maximum atomic E-state index is 12.9. The quantitative estimate of drug-likeness (QED) is 0.695. The minimum atomic E-state index is -0.553. The lowest BCUT2D eigenvalue weighted by Crippen LogP contribution is -2.01. The van der Waals surface area contributed by atoms with Gasteiger partial charge in [-0.25, -0.2) is 8.78 Å². The van der Waals surface area contributed by atoms with E-state index in [0.717, 1.165) is 0 Å². The Morgan fingerprint density at radius 1 is 1.50 bits per heavy atom. The molecule has 0 spiro atoms. The van der Waals surface area contributed by atoms with Gasteiger partial charge in [0.25, 0.3) is 0 Å². The molecule has 1 aromatic carbocycles. The zero-order valence-corrected chi connectivity index (χ0v) is 7.50. The predicted octanol–water partition coefficient (Wildman–Crippen LogP) is 2.25. The van der Waals surface area contributed by atoms with Crippen molar-refractivity contribution in [3.05, 3.63) is 29.6 Å². The third kappa shape index (κ3) is 2.01. The molecule has 0 radical (unpaired) electrons. The molecule has 0 saturated carbocycles. The van der Waals surface area contributed by atoms with E-state index in [4.69, 9.17) is 9.47 Å². The molecule has 0 aromatic heterocycles. The Bertz CT molecular complexity index is 324. The van der Waals surface area contributed by atoms with E-state index in [1.807, 2.05) is 0 Å². The number of hydrogen-bond acceptors (Lipinski definition) is 2. The lowest BCUT2D eigenvalue weighted by molar-refractivity contribution is 0.268. The largest absolute Gasteiger partial charge is 0.490 e. The van der Waals surface area contributed by atoms with Crippen LogP contribution in [0.4, 0.5) is 8.78 Å².